The van der Waals surface area contributed by atoms with E-state index in [9.17, 15) is 4.79 Å². The Kier molecular flexibility index (Phi) is 6.52. The Morgan fingerprint density at radius 1 is 1.18 bits per heavy atom. The molecule has 2 aliphatic heterocycles. The maximum Gasteiger partial charge on any atom is 0.253 e. The Morgan fingerprint density at radius 3 is 2.76 bits per heavy atom. The average molecular weight is 452 g/mol. The maximum atomic E-state index is 13.3. The first-order valence-corrected chi connectivity index (χ1v) is 12.2. The highest BCUT2D eigenvalue weighted by Crippen LogP contribution is 2.28. The number of likely N-dealkylation sites (N-methyl/N-ethyl adjacent to an activating group) is 1. The average Bonchev–Trinajstić information content (AvgIpc) is 3.53. The predicted molar refractivity (Wildman–Crippen MR) is 126 cm³/mol. The number of tetrazole rings is 1. The van der Waals surface area contributed by atoms with E-state index in [0.29, 0.717) is 17.9 Å². The van der Waals surface area contributed by atoms with Crippen LogP contribution in [0, 0.1) is 0 Å². The van der Waals surface area contributed by atoms with E-state index in [1.165, 1.54) is 5.56 Å². The lowest BCUT2D eigenvalue weighted by Crippen LogP contribution is -2.49. The molecule has 9 nitrogen and oxygen atoms in total. The van der Waals surface area contributed by atoms with E-state index < -0.39 is 0 Å². The van der Waals surface area contributed by atoms with Crippen molar-refractivity contribution in [2.24, 2.45) is 0 Å². The first-order valence-electron chi connectivity index (χ1n) is 12.2. The number of fused-ring (bicyclic) bond motifs is 1. The van der Waals surface area contributed by atoms with Gasteiger partial charge in [-0.25, -0.2) is 4.68 Å². The van der Waals surface area contributed by atoms with Crippen LogP contribution in [-0.2, 0) is 17.7 Å². The van der Waals surface area contributed by atoms with E-state index in [1.807, 2.05) is 16.8 Å². The van der Waals surface area contributed by atoms with E-state index in [2.05, 4.69) is 56.3 Å². The van der Waals surface area contributed by atoms with E-state index in [0.717, 1.165) is 69.5 Å². The molecular weight excluding hydrogens is 418 g/mol. The molecule has 33 heavy (non-hydrogen) atoms. The fourth-order valence-electron chi connectivity index (χ4n) is 5.05. The van der Waals surface area contributed by atoms with Crippen molar-refractivity contribution in [3.8, 4) is 0 Å². The minimum atomic E-state index is -0.307. The zero-order chi connectivity index (χ0) is 22.8. The Hall–Kier alpha value is -2.62. The molecular formula is C24H33N7O2. The van der Waals surface area contributed by atoms with Gasteiger partial charge in [0, 0.05) is 43.9 Å². The van der Waals surface area contributed by atoms with Gasteiger partial charge in [-0.05, 0) is 65.4 Å². The number of aromatic amines is 1. The van der Waals surface area contributed by atoms with E-state index in [1.54, 1.807) is 0 Å². The summed E-state index contributed by atoms with van der Waals surface area (Å²) in [5.41, 5.74) is 2.72. The normalized spacial score (nSPS) is 21.1. The van der Waals surface area contributed by atoms with Gasteiger partial charge in [-0.3, -0.25) is 9.69 Å². The van der Waals surface area contributed by atoms with Crippen LogP contribution in [0.5, 0.6) is 0 Å². The van der Waals surface area contributed by atoms with Gasteiger partial charge in [0.25, 0.3) is 5.56 Å². The van der Waals surface area contributed by atoms with Crippen molar-refractivity contribution in [2.45, 2.75) is 51.8 Å². The summed E-state index contributed by atoms with van der Waals surface area (Å²) in [6, 6.07) is 7.96. The number of benzene rings is 1. The Bertz CT molecular complexity index is 1140. The third kappa shape index (κ3) is 4.58. The molecule has 0 aliphatic carbocycles. The van der Waals surface area contributed by atoms with Crippen molar-refractivity contribution in [1.29, 1.82) is 0 Å². The summed E-state index contributed by atoms with van der Waals surface area (Å²) in [5.74, 6) is 0.715. The van der Waals surface area contributed by atoms with Crippen molar-refractivity contribution < 1.29 is 4.74 Å². The second-order valence-corrected chi connectivity index (χ2v) is 9.06. The van der Waals surface area contributed by atoms with Crippen LogP contribution in [0.3, 0.4) is 0 Å². The zero-order valence-corrected chi connectivity index (χ0v) is 19.5. The van der Waals surface area contributed by atoms with E-state index in [-0.39, 0.29) is 17.7 Å². The number of H-pyrrole nitrogens is 1. The highest BCUT2D eigenvalue weighted by molar-refractivity contribution is 5.80. The van der Waals surface area contributed by atoms with Crippen molar-refractivity contribution in [2.75, 3.05) is 39.3 Å². The van der Waals surface area contributed by atoms with Gasteiger partial charge in [0.15, 0.2) is 5.82 Å². The lowest BCUT2D eigenvalue weighted by Gasteiger charge is -2.38. The van der Waals surface area contributed by atoms with Gasteiger partial charge in [0.05, 0.1) is 12.6 Å². The SMILES string of the molecule is CCc1ccc2[nH]c(=O)c([C@@H](c3nnnn3C[C@H]3CCCO3)N3CCN(CC)CC3)cc2c1. The third-order valence-corrected chi connectivity index (χ3v) is 7.06. The topological polar surface area (TPSA) is 92.2 Å². The quantitative estimate of drug-likeness (QED) is 0.587. The van der Waals surface area contributed by atoms with Gasteiger partial charge in [-0.1, -0.05) is 19.9 Å². The molecule has 0 unspecified atom stereocenters. The Morgan fingerprint density at radius 2 is 2.03 bits per heavy atom. The second kappa shape index (κ2) is 9.70. The molecule has 2 atom stereocenters. The number of nitrogens with zero attached hydrogens (tertiary/aromatic N) is 6. The van der Waals surface area contributed by atoms with Crippen LogP contribution < -0.4 is 5.56 Å². The molecule has 2 aromatic heterocycles. The van der Waals surface area contributed by atoms with E-state index >= 15 is 0 Å². The summed E-state index contributed by atoms with van der Waals surface area (Å²) in [4.78, 5) is 21.2. The summed E-state index contributed by atoms with van der Waals surface area (Å²) in [6.07, 6.45) is 3.14. The first kappa shape index (κ1) is 22.2. The minimum absolute atomic E-state index is 0.0821. The number of pyridine rings is 1. The minimum Gasteiger partial charge on any atom is -0.376 e. The summed E-state index contributed by atoms with van der Waals surface area (Å²) >= 11 is 0. The maximum absolute atomic E-state index is 13.3. The van der Waals surface area contributed by atoms with Gasteiger partial charge in [0.1, 0.15) is 6.04 Å². The molecule has 2 aliphatic rings. The number of rotatable bonds is 7. The molecule has 2 fully saturated rings. The number of ether oxygens (including phenoxy) is 1. The van der Waals surface area contributed by atoms with Crippen LogP contribution in [0.15, 0.2) is 29.1 Å². The lowest BCUT2D eigenvalue weighted by molar-refractivity contribution is 0.0860. The number of hydrogen-bond donors (Lipinski definition) is 1. The molecule has 5 rings (SSSR count). The van der Waals surface area contributed by atoms with Gasteiger partial charge >= 0.3 is 0 Å². The molecule has 1 N–H and O–H groups in total. The van der Waals surface area contributed by atoms with Crippen LogP contribution in [0.4, 0.5) is 0 Å². The van der Waals surface area contributed by atoms with Gasteiger partial charge < -0.3 is 14.6 Å². The zero-order valence-electron chi connectivity index (χ0n) is 19.5. The van der Waals surface area contributed by atoms with Crippen LogP contribution in [0.25, 0.3) is 10.9 Å². The summed E-state index contributed by atoms with van der Waals surface area (Å²) in [5, 5.41) is 13.8. The van der Waals surface area contributed by atoms with Gasteiger partial charge in [0.2, 0.25) is 0 Å². The molecule has 4 heterocycles. The van der Waals surface area contributed by atoms with Crippen LogP contribution in [0.1, 0.15) is 49.7 Å². The molecule has 0 radical (unpaired) electrons. The largest absolute Gasteiger partial charge is 0.376 e. The Labute approximate surface area is 193 Å². The molecule has 3 aromatic rings. The van der Waals surface area contributed by atoms with Crippen LogP contribution in [-0.4, -0.2) is 80.4 Å². The second-order valence-electron chi connectivity index (χ2n) is 9.06. The van der Waals surface area contributed by atoms with Crippen molar-refractivity contribution in [3.63, 3.8) is 0 Å². The first-order chi connectivity index (χ1) is 16.2. The monoisotopic (exact) mass is 451 g/mol. The summed E-state index contributed by atoms with van der Waals surface area (Å²) < 4.78 is 7.69. The number of hydrogen-bond acceptors (Lipinski definition) is 7. The van der Waals surface area contributed by atoms with Crippen molar-refractivity contribution in [1.82, 2.24) is 35.0 Å². The smallest absolute Gasteiger partial charge is 0.253 e. The van der Waals surface area contributed by atoms with Crippen LogP contribution >= 0.6 is 0 Å². The lowest BCUT2D eigenvalue weighted by atomic mass is 10.0. The number of aromatic nitrogens is 5. The summed E-state index contributed by atoms with van der Waals surface area (Å²) in [6.45, 7) is 10.4. The molecule has 0 spiro atoms. The molecule has 1 aromatic carbocycles. The molecule has 0 saturated carbocycles. The van der Waals surface area contributed by atoms with Crippen molar-refractivity contribution >= 4 is 10.9 Å². The number of nitrogens with one attached hydrogen (secondary N) is 1. The van der Waals surface area contributed by atoms with E-state index in [4.69, 9.17) is 4.74 Å². The molecule has 9 heteroatoms. The molecule has 0 bridgehead atoms. The van der Waals surface area contributed by atoms with Gasteiger partial charge in [-0.15, -0.1) is 5.10 Å². The standard InChI is InChI=1S/C24H33N7O2/c1-3-17-7-8-21-18(14-17)15-20(24(32)25-21)22(30-11-9-29(4-2)10-12-30)23-26-27-28-31(23)16-19-6-5-13-33-19/h7-8,14-15,19,22H,3-6,9-13,16H2,1-2H3,(H,25,32)/t19-,22+/m1/s1. The third-order valence-electron chi connectivity index (χ3n) is 7.06. The molecule has 0 amide bonds. The fourth-order valence-corrected chi connectivity index (χ4v) is 5.05. The van der Waals surface area contributed by atoms with Crippen molar-refractivity contribution in [3.05, 3.63) is 51.6 Å². The summed E-state index contributed by atoms with van der Waals surface area (Å²) in [7, 11) is 0. The highest BCUT2D eigenvalue weighted by atomic mass is 16.5. The molecule has 176 valence electrons. The van der Waals surface area contributed by atoms with Crippen LogP contribution in [0.2, 0.25) is 0 Å². The predicted octanol–water partition coefficient (Wildman–Crippen LogP) is 1.98. The highest BCUT2D eigenvalue weighted by Gasteiger charge is 2.33. The fraction of sp³-hybridized carbons (Fsp3) is 0.583. The number of piperazine rings is 1. The number of aryl methyl sites for hydroxylation is 1. The van der Waals surface area contributed by atoms with Gasteiger partial charge in [-0.2, -0.15) is 0 Å². The Balaban J connectivity index is 1.57. The molecule has 2 saturated heterocycles.